The highest BCUT2D eigenvalue weighted by molar-refractivity contribution is 6.12. The van der Waals surface area contributed by atoms with Crippen molar-refractivity contribution in [1.82, 2.24) is 0 Å². The molecule has 0 N–H and O–H groups in total. The quantitative estimate of drug-likeness (QED) is 0.144. The van der Waals surface area contributed by atoms with Gasteiger partial charge in [0.15, 0.2) is 0 Å². The van der Waals surface area contributed by atoms with E-state index >= 15 is 0 Å². The Kier molecular flexibility index (Phi) is 8.55. The highest BCUT2D eigenvalue weighted by Gasteiger charge is 2.17. The molecule has 0 aromatic heterocycles. The maximum atomic E-state index is 2.48. The van der Waals surface area contributed by atoms with Crippen LogP contribution in [0.4, 0.5) is 0 Å². The van der Waals surface area contributed by atoms with E-state index < -0.39 is 0 Å². The van der Waals surface area contributed by atoms with Gasteiger partial charge < -0.3 is 0 Å². The molecule has 246 valence electrons. The molecule has 0 amide bonds. The van der Waals surface area contributed by atoms with Gasteiger partial charge in [0.05, 0.1) is 0 Å². The molecule has 11 aliphatic rings. The summed E-state index contributed by atoms with van der Waals surface area (Å²) < 4.78 is 0. The van der Waals surface area contributed by atoms with Gasteiger partial charge in [-0.2, -0.15) is 0 Å². The lowest BCUT2D eigenvalue weighted by Crippen LogP contribution is -2.02. The van der Waals surface area contributed by atoms with E-state index in [2.05, 4.69) is 133 Å². The van der Waals surface area contributed by atoms with Gasteiger partial charge >= 0.3 is 0 Å². The molecule has 0 spiro atoms. The Labute approximate surface area is 297 Å². The summed E-state index contributed by atoms with van der Waals surface area (Å²) in [5.41, 5.74) is 17.4. The summed E-state index contributed by atoms with van der Waals surface area (Å²) in [6, 6.07) is 52.6. The predicted molar refractivity (Wildman–Crippen MR) is 212 cm³/mol. The largest absolute Gasteiger partial charge is 0.0588 e. The molecule has 0 nitrogen and oxygen atoms in total. The second kappa shape index (κ2) is 13.8. The maximum Gasteiger partial charge on any atom is -0.00675 e. The summed E-state index contributed by atoms with van der Waals surface area (Å²) in [5.74, 6) is 0. The molecule has 0 heteroatoms. The van der Waals surface area contributed by atoms with E-state index in [1.54, 1.807) is 0 Å². The average Bonchev–Trinajstić information content (AvgIpc) is 3.17. The molecule has 7 aromatic rings. The van der Waals surface area contributed by atoms with Crippen LogP contribution < -0.4 is 0 Å². The minimum Gasteiger partial charge on any atom is -0.0588 e. The summed E-state index contributed by atoms with van der Waals surface area (Å²) >= 11 is 0. The third-order valence-corrected chi connectivity index (χ3v) is 11.7. The predicted octanol–water partition coefficient (Wildman–Crippen LogP) is 11.3. The summed E-state index contributed by atoms with van der Waals surface area (Å²) in [6.45, 7) is 0. The number of hydrogen-bond acceptors (Lipinski definition) is 0. The molecule has 0 radical (unpaired) electrons. The van der Waals surface area contributed by atoms with Gasteiger partial charge in [0.1, 0.15) is 0 Å². The fraction of sp³-hybridized carbons (Fsp3) is 0.240. The minimum absolute atomic E-state index is 1.05. The van der Waals surface area contributed by atoms with Gasteiger partial charge in [-0.1, -0.05) is 133 Å². The lowest BCUT2D eigenvalue weighted by atomic mass is 9.85. The molecule has 7 aromatic carbocycles. The van der Waals surface area contributed by atoms with Crippen LogP contribution in [0.2, 0.25) is 0 Å². The van der Waals surface area contributed by atoms with Gasteiger partial charge in [-0.05, 0) is 165 Å². The van der Waals surface area contributed by atoms with E-state index in [4.69, 9.17) is 0 Å². The van der Waals surface area contributed by atoms with Crippen molar-refractivity contribution in [3.8, 4) is 0 Å². The summed E-state index contributed by atoms with van der Waals surface area (Å²) in [6.07, 6.45) is 12.8. The lowest BCUT2D eigenvalue weighted by Gasteiger charge is -2.19. The molecule has 0 fully saturated rings. The van der Waals surface area contributed by atoms with Crippen LogP contribution in [-0.2, 0) is 77.0 Å². The normalized spacial score (nSPS) is 15.0. The second-order valence-electron chi connectivity index (χ2n) is 14.9. The van der Waals surface area contributed by atoms with Crippen LogP contribution >= 0.6 is 0 Å². The van der Waals surface area contributed by atoms with E-state index in [0.717, 1.165) is 77.0 Å². The third kappa shape index (κ3) is 6.52. The number of benzene rings is 7. The van der Waals surface area contributed by atoms with Crippen LogP contribution in [-0.4, -0.2) is 0 Å². The Hall–Kier alpha value is -4.94. The third-order valence-electron chi connectivity index (χ3n) is 11.7. The smallest absolute Gasteiger partial charge is 0.00675 e. The fourth-order valence-electron chi connectivity index (χ4n) is 8.59. The van der Waals surface area contributed by atoms with Crippen molar-refractivity contribution in [1.29, 1.82) is 0 Å². The first-order valence-corrected chi connectivity index (χ1v) is 19.0. The van der Waals surface area contributed by atoms with E-state index in [1.807, 2.05) is 0 Å². The minimum atomic E-state index is 1.05. The monoisotopic (exact) mass is 646 g/mol. The number of aryl methyl sites for hydroxylation is 12. The van der Waals surface area contributed by atoms with Crippen molar-refractivity contribution in [2.24, 2.45) is 0 Å². The Morgan fingerprint density at radius 1 is 0.180 bits per heavy atom. The molecule has 11 aliphatic carbocycles. The molecule has 0 saturated carbocycles. The molecular formula is C50H46. The SMILES string of the molecule is c1cc2ccc1CCc1ccc(cc1)CCc1ccc(c3ccc4c5ccc(c4c13)CCc1ccc(cc1)CCc1ccc(cc1)CC5)CC2. The second-order valence-corrected chi connectivity index (χ2v) is 14.9. The van der Waals surface area contributed by atoms with Crippen LogP contribution in [0.3, 0.4) is 0 Å². The van der Waals surface area contributed by atoms with Crippen molar-refractivity contribution in [3.05, 3.63) is 200 Å². The van der Waals surface area contributed by atoms with Gasteiger partial charge in [-0.3, -0.25) is 0 Å². The Morgan fingerprint density at radius 2 is 0.380 bits per heavy atom. The van der Waals surface area contributed by atoms with Crippen molar-refractivity contribution in [3.63, 3.8) is 0 Å². The first kappa shape index (κ1) is 31.1. The Balaban J connectivity index is 1.20. The summed E-state index contributed by atoms with van der Waals surface area (Å²) in [4.78, 5) is 0. The molecule has 0 heterocycles. The van der Waals surface area contributed by atoms with Gasteiger partial charge in [-0.15, -0.1) is 0 Å². The summed E-state index contributed by atoms with van der Waals surface area (Å²) in [5, 5.41) is 5.89. The van der Waals surface area contributed by atoms with Gasteiger partial charge in [-0.25, -0.2) is 0 Å². The molecule has 50 heavy (non-hydrogen) atoms. The highest BCUT2D eigenvalue weighted by atomic mass is 14.2. The van der Waals surface area contributed by atoms with Crippen molar-refractivity contribution < 1.29 is 0 Å². The van der Waals surface area contributed by atoms with Crippen molar-refractivity contribution >= 4 is 21.5 Å². The zero-order chi connectivity index (χ0) is 33.3. The van der Waals surface area contributed by atoms with Gasteiger partial charge in [0.2, 0.25) is 0 Å². The highest BCUT2D eigenvalue weighted by Crippen LogP contribution is 2.37. The number of hydrogen-bond donors (Lipinski definition) is 0. The molecule has 12 bridgehead atoms. The standard InChI is InChI=1S/C50H46/c1-3-37-9-17-41(18-10-37)23-27-45-31-29-43(25-21-39-13-5-35(1)6-14-39)47-33-34-48-44-26-22-40-15-7-36(8-16-40)2-4-38-11-19-42(20-12-38)24-28-46(32-30-44)50(48)49(45)47/h5-20,29-34H,1-4,21-28H2. The maximum absolute atomic E-state index is 2.48. The molecule has 0 atom stereocenters. The average molecular weight is 647 g/mol. The van der Waals surface area contributed by atoms with Crippen LogP contribution in [0, 0.1) is 0 Å². The van der Waals surface area contributed by atoms with Crippen molar-refractivity contribution in [2.45, 2.75) is 77.0 Å². The first-order valence-electron chi connectivity index (χ1n) is 19.0. The van der Waals surface area contributed by atoms with Crippen LogP contribution in [0.15, 0.2) is 133 Å². The molecule has 0 saturated heterocycles. The zero-order valence-corrected chi connectivity index (χ0v) is 29.2. The van der Waals surface area contributed by atoms with E-state index in [1.165, 1.54) is 88.3 Å². The molecule has 18 rings (SSSR count). The van der Waals surface area contributed by atoms with Gasteiger partial charge in [0, 0.05) is 0 Å². The van der Waals surface area contributed by atoms with Gasteiger partial charge in [0.25, 0.3) is 0 Å². The Bertz CT molecular complexity index is 2100. The van der Waals surface area contributed by atoms with Crippen LogP contribution in [0.1, 0.15) is 66.8 Å². The van der Waals surface area contributed by atoms with Crippen LogP contribution in [0.5, 0.6) is 0 Å². The zero-order valence-electron chi connectivity index (χ0n) is 29.2. The topological polar surface area (TPSA) is 0 Å². The fourth-order valence-corrected chi connectivity index (χ4v) is 8.59. The molecule has 0 unspecified atom stereocenters. The lowest BCUT2D eigenvalue weighted by molar-refractivity contribution is 0.926. The van der Waals surface area contributed by atoms with Crippen LogP contribution in [0.25, 0.3) is 21.5 Å². The molecule has 0 aliphatic heterocycles. The molecular weight excluding hydrogens is 601 g/mol. The van der Waals surface area contributed by atoms with E-state index in [9.17, 15) is 0 Å². The summed E-state index contributed by atoms with van der Waals surface area (Å²) in [7, 11) is 0. The van der Waals surface area contributed by atoms with Crippen molar-refractivity contribution in [2.75, 3.05) is 0 Å². The Morgan fingerprint density at radius 3 is 0.640 bits per heavy atom. The van der Waals surface area contributed by atoms with E-state index in [-0.39, 0.29) is 0 Å². The first-order chi connectivity index (χ1) is 24.7. The van der Waals surface area contributed by atoms with E-state index in [0.29, 0.717) is 0 Å². The number of rotatable bonds is 0.